The summed E-state index contributed by atoms with van der Waals surface area (Å²) in [4.78, 5) is 4.69. The van der Waals surface area contributed by atoms with Crippen molar-refractivity contribution in [1.82, 2.24) is 10.3 Å². The lowest BCUT2D eigenvalue weighted by molar-refractivity contribution is 0.255. The van der Waals surface area contributed by atoms with E-state index >= 15 is 0 Å². The van der Waals surface area contributed by atoms with E-state index in [0.717, 1.165) is 13.1 Å². The van der Waals surface area contributed by atoms with Gasteiger partial charge in [-0.2, -0.15) is 0 Å². The second kappa shape index (κ2) is 6.46. The van der Waals surface area contributed by atoms with Crippen LogP contribution in [0.1, 0.15) is 0 Å². The van der Waals surface area contributed by atoms with Crippen molar-refractivity contribution in [1.29, 1.82) is 0 Å². The zero-order valence-corrected chi connectivity index (χ0v) is 14.5. The van der Waals surface area contributed by atoms with Gasteiger partial charge < -0.3 is 10.1 Å². The van der Waals surface area contributed by atoms with Gasteiger partial charge in [0.05, 0.1) is 28.0 Å². The SMILES string of the molecule is CS(=O)c1ccc(-c2cc(F)c(OCC3C4CNCC43)c(F)c2)nc1. The molecule has 1 aliphatic carbocycles. The fourth-order valence-electron chi connectivity index (χ4n) is 3.54. The van der Waals surface area contributed by atoms with Crippen molar-refractivity contribution in [2.45, 2.75) is 4.90 Å². The molecule has 0 amide bonds. The van der Waals surface area contributed by atoms with Crippen molar-refractivity contribution in [2.24, 2.45) is 17.8 Å². The lowest BCUT2D eigenvalue weighted by atomic mass is 10.1. The van der Waals surface area contributed by atoms with E-state index in [-0.39, 0.29) is 5.75 Å². The van der Waals surface area contributed by atoms with E-state index in [4.69, 9.17) is 4.74 Å². The van der Waals surface area contributed by atoms with Gasteiger partial charge in [-0.3, -0.25) is 9.19 Å². The zero-order chi connectivity index (χ0) is 17.6. The number of fused-ring (bicyclic) bond motifs is 1. The zero-order valence-electron chi connectivity index (χ0n) is 13.7. The number of nitrogens with one attached hydrogen (secondary N) is 1. The van der Waals surface area contributed by atoms with Crippen LogP contribution in [-0.4, -0.2) is 35.1 Å². The molecule has 1 aliphatic heterocycles. The molecule has 2 fully saturated rings. The first-order valence-corrected chi connectivity index (χ1v) is 9.73. The molecule has 0 spiro atoms. The van der Waals surface area contributed by atoms with Gasteiger partial charge in [-0.15, -0.1) is 0 Å². The minimum atomic E-state index is -1.14. The van der Waals surface area contributed by atoms with Gasteiger partial charge >= 0.3 is 0 Å². The summed E-state index contributed by atoms with van der Waals surface area (Å²) in [5.74, 6) is -0.237. The number of aromatic nitrogens is 1. The Morgan fingerprint density at radius 3 is 2.48 bits per heavy atom. The van der Waals surface area contributed by atoms with Crippen LogP contribution in [0.25, 0.3) is 11.3 Å². The first-order valence-electron chi connectivity index (χ1n) is 8.17. The van der Waals surface area contributed by atoms with E-state index in [1.807, 2.05) is 0 Å². The fraction of sp³-hybridized carbons (Fsp3) is 0.389. The van der Waals surface area contributed by atoms with Crippen LogP contribution in [0.15, 0.2) is 35.4 Å². The van der Waals surface area contributed by atoms with Crippen molar-refractivity contribution < 1.29 is 17.7 Å². The van der Waals surface area contributed by atoms with Crippen molar-refractivity contribution >= 4 is 10.8 Å². The van der Waals surface area contributed by atoms with Gasteiger partial charge in [-0.1, -0.05) is 0 Å². The number of benzene rings is 1. The van der Waals surface area contributed by atoms with Gasteiger partial charge in [-0.25, -0.2) is 8.78 Å². The van der Waals surface area contributed by atoms with Gasteiger partial charge in [0.1, 0.15) is 0 Å². The quantitative estimate of drug-likeness (QED) is 0.886. The van der Waals surface area contributed by atoms with Crippen molar-refractivity contribution in [3.05, 3.63) is 42.1 Å². The summed E-state index contributed by atoms with van der Waals surface area (Å²) < 4.78 is 45.4. The summed E-state index contributed by atoms with van der Waals surface area (Å²) in [5.41, 5.74) is 0.740. The number of rotatable bonds is 5. The number of hydrogen-bond donors (Lipinski definition) is 1. The molecule has 1 saturated heterocycles. The molecule has 0 radical (unpaired) electrons. The van der Waals surface area contributed by atoms with Crippen LogP contribution in [-0.2, 0) is 10.8 Å². The number of ether oxygens (including phenoxy) is 1. The number of hydrogen-bond acceptors (Lipinski definition) is 4. The average molecular weight is 364 g/mol. The van der Waals surface area contributed by atoms with Crippen LogP contribution in [0, 0.1) is 29.4 Å². The molecule has 1 saturated carbocycles. The molecule has 4 rings (SSSR count). The highest BCUT2D eigenvalue weighted by Crippen LogP contribution is 2.48. The normalized spacial score (nSPS) is 25.5. The summed E-state index contributed by atoms with van der Waals surface area (Å²) in [5, 5.41) is 3.28. The van der Waals surface area contributed by atoms with Gasteiger partial charge in [0.15, 0.2) is 17.4 Å². The standard InChI is InChI=1S/C18H18F2N2O2S/c1-25(23)11-2-3-17(22-6-11)10-4-15(19)18(16(20)5-10)24-9-14-12-7-21-8-13(12)14/h2-6,12-14,21H,7-9H2,1H3. The molecule has 132 valence electrons. The van der Waals surface area contributed by atoms with E-state index < -0.39 is 22.4 Å². The molecule has 25 heavy (non-hydrogen) atoms. The number of pyridine rings is 1. The topological polar surface area (TPSA) is 51.2 Å². The predicted molar refractivity (Wildman–Crippen MR) is 90.8 cm³/mol. The highest BCUT2D eigenvalue weighted by Gasteiger charge is 2.53. The minimum absolute atomic E-state index is 0.322. The van der Waals surface area contributed by atoms with E-state index in [1.165, 1.54) is 18.3 Å². The van der Waals surface area contributed by atoms with Crippen LogP contribution in [0.2, 0.25) is 0 Å². The highest BCUT2D eigenvalue weighted by molar-refractivity contribution is 7.84. The minimum Gasteiger partial charge on any atom is -0.487 e. The van der Waals surface area contributed by atoms with Crippen molar-refractivity contribution in [3.63, 3.8) is 0 Å². The summed E-state index contributed by atoms with van der Waals surface area (Å²) >= 11 is 0. The fourth-order valence-corrected chi connectivity index (χ4v) is 4.00. The number of nitrogens with zero attached hydrogens (tertiary/aromatic N) is 1. The predicted octanol–water partition coefficient (Wildman–Crippen LogP) is 2.61. The van der Waals surface area contributed by atoms with Crippen LogP contribution in [0.3, 0.4) is 0 Å². The Hall–Kier alpha value is -1.86. The Morgan fingerprint density at radius 1 is 1.24 bits per heavy atom. The maximum atomic E-state index is 14.3. The molecule has 3 unspecified atom stereocenters. The van der Waals surface area contributed by atoms with E-state index in [0.29, 0.717) is 40.5 Å². The molecule has 1 aromatic carbocycles. The van der Waals surface area contributed by atoms with Crippen LogP contribution >= 0.6 is 0 Å². The molecule has 1 aromatic heterocycles. The largest absolute Gasteiger partial charge is 0.487 e. The molecule has 4 nitrogen and oxygen atoms in total. The lowest BCUT2D eigenvalue weighted by Gasteiger charge is -2.11. The maximum absolute atomic E-state index is 14.3. The Balaban J connectivity index is 1.50. The average Bonchev–Trinajstić information content (AvgIpc) is 3.02. The summed E-state index contributed by atoms with van der Waals surface area (Å²) in [6.07, 6.45) is 3.00. The van der Waals surface area contributed by atoms with Crippen LogP contribution in [0.4, 0.5) is 8.78 Å². The first-order chi connectivity index (χ1) is 12.0. The smallest absolute Gasteiger partial charge is 0.190 e. The second-order valence-corrected chi connectivity index (χ2v) is 7.94. The van der Waals surface area contributed by atoms with Crippen molar-refractivity contribution in [3.8, 4) is 17.0 Å². The molecule has 0 bridgehead atoms. The third kappa shape index (κ3) is 3.18. The molecular formula is C18H18F2N2O2S. The van der Waals surface area contributed by atoms with E-state index in [9.17, 15) is 13.0 Å². The Kier molecular flexibility index (Phi) is 4.29. The molecular weight excluding hydrogens is 346 g/mol. The van der Waals surface area contributed by atoms with Gasteiger partial charge in [-0.05, 0) is 49.2 Å². The molecule has 7 heteroatoms. The second-order valence-electron chi connectivity index (χ2n) is 6.56. The third-order valence-corrected chi connectivity index (χ3v) is 5.96. The van der Waals surface area contributed by atoms with E-state index in [2.05, 4.69) is 10.3 Å². The van der Waals surface area contributed by atoms with Gasteiger partial charge in [0.25, 0.3) is 0 Å². The Bertz CT molecular complexity index is 795. The lowest BCUT2D eigenvalue weighted by Crippen LogP contribution is -2.18. The maximum Gasteiger partial charge on any atom is 0.190 e. The monoisotopic (exact) mass is 364 g/mol. The molecule has 2 heterocycles. The van der Waals surface area contributed by atoms with Gasteiger partial charge in [0.2, 0.25) is 0 Å². The number of halogens is 2. The summed E-state index contributed by atoms with van der Waals surface area (Å²) in [6.45, 7) is 2.28. The van der Waals surface area contributed by atoms with Crippen LogP contribution < -0.4 is 10.1 Å². The summed E-state index contributed by atoms with van der Waals surface area (Å²) in [7, 11) is -1.14. The van der Waals surface area contributed by atoms with E-state index in [1.54, 1.807) is 18.4 Å². The molecule has 2 aliphatic rings. The highest BCUT2D eigenvalue weighted by atomic mass is 32.2. The van der Waals surface area contributed by atoms with Gasteiger partial charge in [0, 0.05) is 23.9 Å². The Morgan fingerprint density at radius 2 is 1.92 bits per heavy atom. The molecule has 2 aromatic rings. The first kappa shape index (κ1) is 16.6. The van der Waals surface area contributed by atoms with Crippen molar-refractivity contribution in [2.75, 3.05) is 26.0 Å². The Labute approximate surface area is 147 Å². The molecule has 1 N–H and O–H groups in total. The molecule has 3 atom stereocenters. The number of piperidine rings is 1. The third-order valence-electron chi connectivity index (χ3n) is 5.05. The van der Waals surface area contributed by atoms with Crippen LogP contribution in [0.5, 0.6) is 5.75 Å². The summed E-state index contributed by atoms with van der Waals surface area (Å²) in [6, 6.07) is 5.68.